The van der Waals surface area contributed by atoms with E-state index in [4.69, 9.17) is 4.74 Å². The zero-order valence-corrected chi connectivity index (χ0v) is 16.0. The first-order chi connectivity index (χ1) is 11.8. The van der Waals surface area contributed by atoms with E-state index in [1.54, 1.807) is 18.3 Å². The van der Waals surface area contributed by atoms with Crippen molar-refractivity contribution in [3.05, 3.63) is 39.7 Å². The number of hydrogen-bond donors (Lipinski definition) is 2. The second kappa shape index (κ2) is 7.03. The van der Waals surface area contributed by atoms with E-state index in [1.165, 1.54) is 18.4 Å². The maximum absolute atomic E-state index is 12.9. The summed E-state index contributed by atoms with van der Waals surface area (Å²) in [7, 11) is -2.12. The summed E-state index contributed by atoms with van der Waals surface area (Å²) in [6, 6.07) is 4.80. The Labute approximate surface area is 151 Å². The van der Waals surface area contributed by atoms with Gasteiger partial charge in [0.2, 0.25) is 15.9 Å². The summed E-state index contributed by atoms with van der Waals surface area (Å²) in [5.74, 6) is 0.517. The topological polar surface area (TPSA) is 88.5 Å². The lowest BCUT2D eigenvalue weighted by Crippen LogP contribution is -2.41. The van der Waals surface area contributed by atoms with Crippen LogP contribution in [0.3, 0.4) is 0 Å². The summed E-state index contributed by atoms with van der Waals surface area (Å²) in [5.41, 5.74) is 0.769. The van der Waals surface area contributed by atoms with Gasteiger partial charge in [0.15, 0.2) is 0 Å². The van der Waals surface area contributed by atoms with E-state index in [0.717, 1.165) is 15.3 Å². The highest BCUT2D eigenvalue weighted by atomic mass is 32.2. The fraction of sp³-hybridized carbons (Fsp3) is 0.471. The third-order valence-corrected chi connectivity index (χ3v) is 7.18. The van der Waals surface area contributed by atoms with E-state index in [9.17, 15) is 13.5 Å². The Bertz CT molecular complexity index is 840. The van der Waals surface area contributed by atoms with Gasteiger partial charge in [-0.3, -0.25) is 0 Å². The molecule has 0 aromatic carbocycles. The zero-order chi connectivity index (χ0) is 18.2. The predicted octanol–water partition coefficient (Wildman–Crippen LogP) is 2.56. The molecular formula is C17H22N2O4S2. The molecule has 136 valence electrons. The lowest BCUT2D eigenvalue weighted by molar-refractivity contribution is 0.0279. The number of pyridine rings is 1. The van der Waals surface area contributed by atoms with Crippen LogP contribution < -0.4 is 9.46 Å². The molecule has 1 saturated carbocycles. The molecule has 2 N–H and O–H groups in total. The number of nitrogens with zero attached hydrogens (tertiary/aromatic N) is 1. The molecule has 0 amide bonds. The molecule has 6 nitrogen and oxygen atoms in total. The fourth-order valence-electron chi connectivity index (χ4n) is 3.14. The number of aryl methyl sites for hydroxylation is 2. The van der Waals surface area contributed by atoms with Crippen molar-refractivity contribution in [3.8, 4) is 5.88 Å². The Morgan fingerprint density at radius 3 is 2.56 bits per heavy atom. The van der Waals surface area contributed by atoms with Crippen LogP contribution in [0.5, 0.6) is 5.88 Å². The monoisotopic (exact) mass is 382 g/mol. The van der Waals surface area contributed by atoms with E-state index in [1.807, 2.05) is 19.9 Å². The first kappa shape index (κ1) is 18.3. The van der Waals surface area contributed by atoms with Crippen molar-refractivity contribution in [2.24, 2.45) is 5.92 Å². The minimum Gasteiger partial charge on any atom is -0.481 e. The summed E-state index contributed by atoms with van der Waals surface area (Å²) in [4.78, 5) is 6.23. The summed E-state index contributed by atoms with van der Waals surface area (Å²) < 4.78 is 33.7. The van der Waals surface area contributed by atoms with Crippen molar-refractivity contribution in [2.75, 3.05) is 7.11 Å². The number of sulfonamides is 1. The molecule has 25 heavy (non-hydrogen) atoms. The summed E-state index contributed by atoms with van der Waals surface area (Å²) in [5, 5.41) is 9.65. The quantitative estimate of drug-likeness (QED) is 0.802. The number of aromatic nitrogens is 1. The van der Waals surface area contributed by atoms with Crippen LogP contribution in [0.15, 0.2) is 29.3 Å². The van der Waals surface area contributed by atoms with Crippen molar-refractivity contribution >= 4 is 21.4 Å². The maximum atomic E-state index is 12.9. The van der Waals surface area contributed by atoms with Crippen LogP contribution in [0.25, 0.3) is 0 Å². The van der Waals surface area contributed by atoms with Crippen LogP contribution in [-0.2, 0) is 10.0 Å². The molecule has 0 aliphatic heterocycles. The van der Waals surface area contributed by atoms with E-state index in [2.05, 4.69) is 9.71 Å². The van der Waals surface area contributed by atoms with Gasteiger partial charge in [-0.15, -0.1) is 11.3 Å². The van der Waals surface area contributed by atoms with Crippen molar-refractivity contribution in [1.29, 1.82) is 0 Å². The second-order valence-electron chi connectivity index (χ2n) is 6.40. The first-order valence-electron chi connectivity index (χ1n) is 8.07. The molecule has 2 heterocycles. The minimum absolute atomic E-state index is 0.0417. The van der Waals surface area contributed by atoms with Crippen LogP contribution in [-0.4, -0.2) is 31.7 Å². The molecular weight excluding hydrogens is 360 g/mol. The Kier molecular flexibility index (Phi) is 5.15. The van der Waals surface area contributed by atoms with Crippen molar-refractivity contribution < 1.29 is 18.3 Å². The highest BCUT2D eigenvalue weighted by Crippen LogP contribution is 2.39. The number of ether oxygens (including phenoxy) is 1. The fourth-order valence-corrected chi connectivity index (χ4v) is 5.99. The molecule has 1 aliphatic rings. The van der Waals surface area contributed by atoms with Gasteiger partial charge >= 0.3 is 0 Å². The Hall–Kier alpha value is -1.48. The number of rotatable bonds is 6. The SMILES string of the molecule is COc1ccc([C@@H](NS(=O)(=O)c2cc(C)sc2C)C2CC(O)C2)cn1. The average molecular weight is 383 g/mol. The van der Waals surface area contributed by atoms with Gasteiger partial charge in [0.1, 0.15) is 0 Å². The summed E-state index contributed by atoms with van der Waals surface area (Å²) >= 11 is 1.46. The average Bonchev–Trinajstić information content (AvgIpc) is 2.89. The minimum atomic E-state index is -3.65. The molecule has 0 saturated heterocycles. The highest BCUT2D eigenvalue weighted by Gasteiger charge is 2.37. The highest BCUT2D eigenvalue weighted by molar-refractivity contribution is 7.89. The smallest absolute Gasteiger partial charge is 0.242 e. The number of thiophene rings is 1. The zero-order valence-electron chi connectivity index (χ0n) is 14.4. The van der Waals surface area contributed by atoms with Crippen LogP contribution in [0.2, 0.25) is 0 Å². The molecule has 8 heteroatoms. The maximum Gasteiger partial charge on any atom is 0.242 e. The number of nitrogens with one attached hydrogen (secondary N) is 1. The Morgan fingerprint density at radius 2 is 2.08 bits per heavy atom. The molecule has 0 unspecified atom stereocenters. The van der Waals surface area contributed by atoms with Gasteiger partial charge in [-0.1, -0.05) is 6.07 Å². The van der Waals surface area contributed by atoms with Gasteiger partial charge < -0.3 is 9.84 Å². The molecule has 2 aromatic rings. The normalized spacial score (nSPS) is 21.6. The van der Waals surface area contributed by atoms with E-state index >= 15 is 0 Å². The van der Waals surface area contributed by atoms with Gasteiger partial charge in [-0.2, -0.15) is 0 Å². The largest absolute Gasteiger partial charge is 0.481 e. The molecule has 0 radical (unpaired) electrons. The van der Waals surface area contributed by atoms with Crippen molar-refractivity contribution in [2.45, 2.75) is 43.7 Å². The lowest BCUT2D eigenvalue weighted by Gasteiger charge is -2.38. The summed E-state index contributed by atoms with van der Waals surface area (Å²) in [6.07, 6.45) is 2.40. The molecule has 3 rings (SSSR count). The van der Waals surface area contributed by atoms with Gasteiger partial charge in [0, 0.05) is 22.0 Å². The molecule has 2 aromatic heterocycles. The Balaban J connectivity index is 1.90. The third-order valence-electron chi connectivity index (χ3n) is 4.52. The van der Waals surface area contributed by atoms with Crippen LogP contribution in [0, 0.1) is 19.8 Å². The predicted molar refractivity (Wildman–Crippen MR) is 96.4 cm³/mol. The molecule has 1 aliphatic carbocycles. The van der Waals surface area contributed by atoms with Crippen LogP contribution in [0.4, 0.5) is 0 Å². The first-order valence-corrected chi connectivity index (χ1v) is 10.4. The second-order valence-corrected chi connectivity index (χ2v) is 9.54. The number of aliphatic hydroxyl groups excluding tert-OH is 1. The number of methoxy groups -OCH3 is 1. The Morgan fingerprint density at radius 1 is 1.36 bits per heavy atom. The van der Waals surface area contributed by atoms with Gasteiger partial charge in [-0.05, 0) is 44.2 Å². The standard InChI is InChI=1S/C17H22N2O4S2/c1-10-6-15(11(2)24-10)25(21,22)19-17(13-7-14(20)8-13)12-4-5-16(23-3)18-9-12/h4-6,9,13-14,17,19-20H,7-8H2,1-3H3/t13?,14?,17-/m1/s1. The number of aliphatic hydroxyl groups is 1. The molecule has 1 atom stereocenters. The molecule has 0 spiro atoms. The van der Waals surface area contributed by atoms with E-state index in [0.29, 0.717) is 23.6 Å². The van der Waals surface area contributed by atoms with Crippen molar-refractivity contribution in [3.63, 3.8) is 0 Å². The van der Waals surface area contributed by atoms with E-state index in [-0.39, 0.29) is 12.0 Å². The van der Waals surface area contributed by atoms with Gasteiger partial charge in [-0.25, -0.2) is 18.1 Å². The van der Waals surface area contributed by atoms with Gasteiger partial charge in [0.25, 0.3) is 0 Å². The van der Waals surface area contributed by atoms with Crippen molar-refractivity contribution in [1.82, 2.24) is 9.71 Å². The van der Waals surface area contributed by atoms with Crippen LogP contribution in [0.1, 0.15) is 34.2 Å². The van der Waals surface area contributed by atoms with Gasteiger partial charge in [0.05, 0.1) is 24.2 Å². The summed E-state index contributed by atoms with van der Waals surface area (Å²) in [6.45, 7) is 3.70. The third kappa shape index (κ3) is 3.87. The molecule has 1 fully saturated rings. The van der Waals surface area contributed by atoms with E-state index < -0.39 is 16.1 Å². The number of hydrogen-bond acceptors (Lipinski definition) is 6. The lowest BCUT2D eigenvalue weighted by atomic mass is 9.76. The van der Waals surface area contributed by atoms with Crippen LogP contribution >= 0.6 is 11.3 Å². The molecule has 0 bridgehead atoms.